The largest absolute Gasteiger partial charge is 0.298 e. The molecule has 0 aliphatic carbocycles. The van der Waals surface area contributed by atoms with Crippen LogP contribution in [-0.2, 0) is 6.54 Å². The lowest BCUT2D eigenvalue weighted by Crippen LogP contribution is -2.31. The Bertz CT molecular complexity index is 333. The van der Waals surface area contributed by atoms with Crippen LogP contribution in [0.15, 0.2) is 24.3 Å². The van der Waals surface area contributed by atoms with Crippen molar-refractivity contribution in [1.29, 1.82) is 5.26 Å². The molecule has 0 aliphatic heterocycles. The van der Waals surface area contributed by atoms with Crippen LogP contribution in [0, 0.1) is 24.2 Å². The third kappa shape index (κ3) is 3.73. The van der Waals surface area contributed by atoms with Crippen molar-refractivity contribution in [2.24, 2.45) is 5.92 Å². The molecular weight excluding hydrogens is 184 g/mol. The fraction of sp³-hybridized carbons (Fsp3) is 0.462. The van der Waals surface area contributed by atoms with E-state index in [2.05, 4.69) is 56.4 Å². The van der Waals surface area contributed by atoms with Crippen LogP contribution < -0.4 is 5.32 Å². The molecule has 1 unspecified atom stereocenters. The Labute approximate surface area is 91.9 Å². The topological polar surface area (TPSA) is 35.8 Å². The maximum absolute atomic E-state index is 8.91. The molecule has 0 radical (unpaired) electrons. The minimum absolute atomic E-state index is 0.0636. The number of hydrogen-bond acceptors (Lipinski definition) is 2. The number of nitriles is 1. The van der Waals surface area contributed by atoms with Gasteiger partial charge in [0.15, 0.2) is 0 Å². The summed E-state index contributed by atoms with van der Waals surface area (Å²) in [5.74, 6) is 0.348. The first-order chi connectivity index (χ1) is 7.13. The third-order valence-corrected chi connectivity index (χ3v) is 2.45. The summed E-state index contributed by atoms with van der Waals surface area (Å²) in [7, 11) is 0. The normalized spacial score (nSPS) is 12.5. The van der Waals surface area contributed by atoms with Gasteiger partial charge in [-0.2, -0.15) is 5.26 Å². The van der Waals surface area contributed by atoms with Crippen LogP contribution in [0.2, 0.25) is 0 Å². The molecule has 0 bridgehead atoms. The molecule has 0 heterocycles. The smallest absolute Gasteiger partial charge is 0.0978 e. The highest BCUT2D eigenvalue weighted by atomic mass is 14.9. The molecule has 0 amide bonds. The van der Waals surface area contributed by atoms with Gasteiger partial charge >= 0.3 is 0 Å². The Morgan fingerprint density at radius 1 is 1.27 bits per heavy atom. The number of nitrogens with one attached hydrogen (secondary N) is 1. The van der Waals surface area contributed by atoms with E-state index in [1.54, 1.807) is 0 Å². The van der Waals surface area contributed by atoms with Gasteiger partial charge in [-0.15, -0.1) is 0 Å². The summed E-state index contributed by atoms with van der Waals surface area (Å²) in [6.45, 7) is 6.94. The number of hydrogen-bond donors (Lipinski definition) is 1. The summed E-state index contributed by atoms with van der Waals surface area (Å²) in [5, 5.41) is 12.1. The van der Waals surface area contributed by atoms with Gasteiger partial charge in [0.25, 0.3) is 0 Å². The van der Waals surface area contributed by atoms with E-state index in [-0.39, 0.29) is 6.04 Å². The highest BCUT2D eigenvalue weighted by Gasteiger charge is 2.10. The third-order valence-electron chi connectivity index (χ3n) is 2.45. The van der Waals surface area contributed by atoms with E-state index in [1.807, 2.05) is 0 Å². The van der Waals surface area contributed by atoms with Crippen molar-refractivity contribution in [1.82, 2.24) is 5.32 Å². The second-order valence-corrected chi connectivity index (χ2v) is 4.22. The highest BCUT2D eigenvalue weighted by Crippen LogP contribution is 2.05. The fourth-order valence-electron chi connectivity index (χ4n) is 1.36. The van der Waals surface area contributed by atoms with Gasteiger partial charge in [0.1, 0.15) is 0 Å². The van der Waals surface area contributed by atoms with Crippen LogP contribution in [0.1, 0.15) is 25.0 Å². The molecule has 2 nitrogen and oxygen atoms in total. The molecular formula is C13H18N2. The lowest BCUT2D eigenvalue weighted by Gasteiger charge is -2.14. The van der Waals surface area contributed by atoms with Gasteiger partial charge < -0.3 is 0 Å². The van der Waals surface area contributed by atoms with Crippen molar-refractivity contribution in [2.45, 2.75) is 33.4 Å². The minimum Gasteiger partial charge on any atom is -0.298 e. The zero-order valence-electron chi connectivity index (χ0n) is 9.62. The first-order valence-electron chi connectivity index (χ1n) is 5.32. The summed E-state index contributed by atoms with van der Waals surface area (Å²) in [4.78, 5) is 0. The Balaban J connectivity index is 2.50. The molecule has 15 heavy (non-hydrogen) atoms. The van der Waals surface area contributed by atoms with Crippen molar-refractivity contribution < 1.29 is 0 Å². The van der Waals surface area contributed by atoms with Crippen LogP contribution in [0.25, 0.3) is 0 Å². The zero-order chi connectivity index (χ0) is 11.3. The molecule has 0 aliphatic rings. The van der Waals surface area contributed by atoms with Crippen LogP contribution in [0.3, 0.4) is 0 Å². The van der Waals surface area contributed by atoms with Crippen molar-refractivity contribution in [3.8, 4) is 6.07 Å². The summed E-state index contributed by atoms with van der Waals surface area (Å²) in [5.41, 5.74) is 2.49. The molecule has 1 aromatic rings. The summed E-state index contributed by atoms with van der Waals surface area (Å²) in [6.07, 6.45) is 0. The van der Waals surface area contributed by atoms with Gasteiger partial charge in [-0.1, -0.05) is 43.7 Å². The number of benzene rings is 1. The van der Waals surface area contributed by atoms with Crippen molar-refractivity contribution in [3.63, 3.8) is 0 Å². The van der Waals surface area contributed by atoms with Crippen LogP contribution in [-0.4, -0.2) is 6.04 Å². The monoisotopic (exact) mass is 202 g/mol. The maximum atomic E-state index is 8.91. The predicted octanol–water partition coefficient (Wildman–Crippen LogP) is 2.63. The minimum atomic E-state index is -0.0636. The fourth-order valence-corrected chi connectivity index (χ4v) is 1.36. The first-order valence-corrected chi connectivity index (χ1v) is 5.32. The Hall–Kier alpha value is -1.33. The molecule has 1 aromatic carbocycles. The summed E-state index contributed by atoms with van der Waals surface area (Å²) in [6, 6.07) is 10.6. The number of aryl methyl sites for hydroxylation is 1. The molecule has 0 aromatic heterocycles. The zero-order valence-corrected chi connectivity index (χ0v) is 9.62. The molecule has 1 rings (SSSR count). The number of rotatable bonds is 4. The Morgan fingerprint density at radius 3 is 2.33 bits per heavy atom. The molecule has 0 saturated carbocycles. The standard InChI is InChI=1S/C13H18N2/c1-10(2)13(8-14)15-9-12-6-4-11(3)5-7-12/h4-7,10,13,15H,9H2,1-3H3. The lowest BCUT2D eigenvalue weighted by molar-refractivity contribution is 0.472. The molecule has 2 heteroatoms. The van der Waals surface area contributed by atoms with Crippen LogP contribution in [0.4, 0.5) is 0 Å². The van der Waals surface area contributed by atoms with Gasteiger partial charge in [-0.3, -0.25) is 5.32 Å². The summed E-state index contributed by atoms with van der Waals surface area (Å²) >= 11 is 0. The van der Waals surface area contributed by atoms with E-state index in [4.69, 9.17) is 5.26 Å². The van der Waals surface area contributed by atoms with E-state index in [9.17, 15) is 0 Å². The molecule has 1 N–H and O–H groups in total. The van der Waals surface area contributed by atoms with Gasteiger partial charge in [0.2, 0.25) is 0 Å². The van der Waals surface area contributed by atoms with E-state index < -0.39 is 0 Å². The van der Waals surface area contributed by atoms with Crippen molar-refractivity contribution >= 4 is 0 Å². The van der Waals surface area contributed by atoms with Crippen LogP contribution in [0.5, 0.6) is 0 Å². The molecule has 0 fully saturated rings. The Morgan fingerprint density at radius 2 is 1.87 bits per heavy atom. The lowest BCUT2D eigenvalue weighted by atomic mass is 10.1. The molecule has 80 valence electrons. The number of nitrogens with zero attached hydrogens (tertiary/aromatic N) is 1. The van der Waals surface area contributed by atoms with Gasteiger partial charge in [0.05, 0.1) is 12.1 Å². The SMILES string of the molecule is Cc1ccc(CNC(C#N)C(C)C)cc1. The first kappa shape index (κ1) is 11.7. The average molecular weight is 202 g/mol. The quantitative estimate of drug-likeness (QED) is 0.814. The molecule has 0 spiro atoms. The van der Waals surface area contributed by atoms with Crippen molar-refractivity contribution in [3.05, 3.63) is 35.4 Å². The maximum Gasteiger partial charge on any atom is 0.0978 e. The van der Waals surface area contributed by atoms with E-state index in [0.717, 1.165) is 6.54 Å². The van der Waals surface area contributed by atoms with E-state index in [0.29, 0.717) is 5.92 Å². The summed E-state index contributed by atoms with van der Waals surface area (Å²) < 4.78 is 0. The second-order valence-electron chi connectivity index (χ2n) is 4.22. The Kier molecular flexibility index (Phi) is 4.33. The molecule has 1 atom stereocenters. The highest BCUT2D eigenvalue weighted by molar-refractivity contribution is 5.21. The van der Waals surface area contributed by atoms with E-state index in [1.165, 1.54) is 11.1 Å². The average Bonchev–Trinajstić information content (AvgIpc) is 2.21. The van der Waals surface area contributed by atoms with Crippen molar-refractivity contribution in [2.75, 3.05) is 0 Å². The van der Waals surface area contributed by atoms with E-state index >= 15 is 0 Å². The predicted molar refractivity (Wildman–Crippen MR) is 62.3 cm³/mol. The van der Waals surface area contributed by atoms with Gasteiger partial charge in [-0.05, 0) is 18.4 Å². The van der Waals surface area contributed by atoms with Crippen LogP contribution >= 0.6 is 0 Å². The molecule has 0 saturated heterocycles. The van der Waals surface area contributed by atoms with Gasteiger partial charge in [0, 0.05) is 6.54 Å². The second kappa shape index (κ2) is 5.53. The van der Waals surface area contributed by atoms with Gasteiger partial charge in [-0.25, -0.2) is 0 Å².